The number of carbonyl (C=O) groups is 3. The second kappa shape index (κ2) is 10.2. The first-order valence-electron chi connectivity index (χ1n) is 10.9. The Morgan fingerprint density at radius 3 is 2.55 bits per heavy atom. The van der Waals surface area contributed by atoms with Crippen LogP contribution in [0.4, 0.5) is 11.4 Å². The minimum Gasteiger partial charge on any atom is -0.497 e. The number of nitrogens with zero attached hydrogens (tertiary/aromatic N) is 2. The van der Waals surface area contributed by atoms with Gasteiger partial charge >= 0.3 is 0 Å². The molecule has 0 radical (unpaired) electrons. The zero-order valence-electron chi connectivity index (χ0n) is 18.7. The Hall–Kier alpha value is -3.20. The quantitative estimate of drug-likeness (QED) is 0.654. The predicted molar refractivity (Wildman–Crippen MR) is 127 cm³/mol. The van der Waals surface area contributed by atoms with Crippen LogP contribution in [0.3, 0.4) is 0 Å². The molecule has 0 spiro atoms. The van der Waals surface area contributed by atoms with Crippen molar-refractivity contribution in [2.45, 2.75) is 29.4 Å². The summed E-state index contributed by atoms with van der Waals surface area (Å²) in [5.41, 5.74) is 1.07. The average Bonchev–Trinajstić information content (AvgIpc) is 2.85. The van der Waals surface area contributed by atoms with Crippen molar-refractivity contribution in [2.75, 3.05) is 44.1 Å². The van der Waals surface area contributed by atoms with E-state index in [9.17, 15) is 14.4 Å². The van der Waals surface area contributed by atoms with Gasteiger partial charge in [0.15, 0.2) is 5.25 Å². The Kier molecular flexibility index (Phi) is 7.08. The van der Waals surface area contributed by atoms with Crippen LogP contribution in [0.1, 0.15) is 19.3 Å². The van der Waals surface area contributed by atoms with Gasteiger partial charge in [-0.05, 0) is 43.5 Å². The van der Waals surface area contributed by atoms with E-state index in [-0.39, 0.29) is 18.4 Å². The number of carbonyl (C=O) groups excluding carboxylic acids is 3. The van der Waals surface area contributed by atoms with Gasteiger partial charge in [0.05, 0.1) is 25.6 Å². The monoisotopic (exact) mass is 469 g/mol. The number of thioether (sulfide) groups is 1. The Morgan fingerprint density at radius 2 is 1.82 bits per heavy atom. The zero-order valence-corrected chi connectivity index (χ0v) is 19.5. The third-order valence-corrected chi connectivity index (χ3v) is 7.00. The highest BCUT2D eigenvalue weighted by Gasteiger charge is 2.41. The van der Waals surface area contributed by atoms with Crippen LogP contribution in [0.15, 0.2) is 47.4 Å². The lowest BCUT2D eigenvalue weighted by atomic mass is 10.1. The van der Waals surface area contributed by atoms with E-state index in [1.807, 2.05) is 18.2 Å². The Bertz CT molecular complexity index is 1050. The van der Waals surface area contributed by atoms with Crippen molar-refractivity contribution >= 4 is 40.9 Å². The summed E-state index contributed by atoms with van der Waals surface area (Å²) in [6.07, 6.45) is 2.99. The van der Waals surface area contributed by atoms with Crippen molar-refractivity contribution in [3.63, 3.8) is 0 Å². The summed E-state index contributed by atoms with van der Waals surface area (Å²) in [4.78, 5) is 43.5. The van der Waals surface area contributed by atoms with Gasteiger partial charge < -0.3 is 24.6 Å². The molecule has 0 aromatic heterocycles. The predicted octanol–water partition coefficient (Wildman–Crippen LogP) is 3.16. The molecule has 33 heavy (non-hydrogen) atoms. The summed E-state index contributed by atoms with van der Waals surface area (Å²) < 4.78 is 10.6. The average molecular weight is 470 g/mol. The summed E-state index contributed by atoms with van der Waals surface area (Å²) in [6, 6.07) is 12.4. The second-order valence-electron chi connectivity index (χ2n) is 7.89. The molecule has 3 amide bonds. The van der Waals surface area contributed by atoms with E-state index in [1.165, 1.54) is 30.9 Å². The molecule has 2 aromatic carbocycles. The number of benzene rings is 2. The number of hydrogen-bond acceptors (Lipinski definition) is 6. The molecule has 2 aromatic rings. The lowest BCUT2D eigenvalue weighted by Gasteiger charge is -2.36. The number of ether oxygens (including phenoxy) is 2. The summed E-state index contributed by atoms with van der Waals surface area (Å²) in [5.74, 6) is 0.0826. The summed E-state index contributed by atoms with van der Waals surface area (Å²) in [5, 5.41) is 1.91. The molecule has 9 heteroatoms. The fraction of sp³-hybridized carbons (Fsp3) is 0.375. The van der Waals surface area contributed by atoms with E-state index in [4.69, 9.17) is 9.47 Å². The molecular formula is C24H27N3O5S. The van der Waals surface area contributed by atoms with Crippen LogP contribution in [-0.2, 0) is 14.4 Å². The van der Waals surface area contributed by atoms with E-state index < -0.39 is 11.2 Å². The van der Waals surface area contributed by atoms with Gasteiger partial charge in [-0.25, -0.2) is 0 Å². The first-order chi connectivity index (χ1) is 16.0. The zero-order chi connectivity index (χ0) is 23.4. The molecule has 1 N–H and O–H groups in total. The van der Waals surface area contributed by atoms with Gasteiger partial charge in [0.25, 0.3) is 5.91 Å². The largest absolute Gasteiger partial charge is 0.497 e. The first kappa shape index (κ1) is 23.0. The van der Waals surface area contributed by atoms with Crippen molar-refractivity contribution in [1.82, 2.24) is 4.90 Å². The van der Waals surface area contributed by atoms with Crippen LogP contribution < -0.4 is 19.7 Å². The standard InChI is InChI=1S/C24H27N3O5S/c1-31-16-10-11-19(32-2)17(14-16)25-21(28)15-27-18-8-4-5-9-20(18)33-22(24(27)30)23(29)26-12-6-3-7-13-26/h4-5,8-11,14,22H,3,6-7,12-13,15H2,1-2H3,(H,25,28)/t22-/m1/s1. The third-order valence-electron chi connectivity index (χ3n) is 5.77. The van der Waals surface area contributed by atoms with Gasteiger partial charge in [-0.3, -0.25) is 14.4 Å². The van der Waals surface area contributed by atoms with Crippen molar-refractivity contribution in [2.24, 2.45) is 0 Å². The maximum atomic E-state index is 13.4. The molecule has 4 rings (SSSR count). The first-order valence-corrected chi connectivity index (χ1v) is 11.8. The van der Waals surface area contributed by atoms with Crippen LogP contribution in [0, 0.1) is 0 Å². The Labute approximate surface area is 197 Å². The van der Waals surface area contributed by atoms with Crippen LogP contribution in [-0.4, -0.2) is 61.7 Å². The number of rotatable bonds is 6. The van der Waals surface area contributed by atoms with Gasteiger partial charge in [0, 0.05) is 24.1 Å². The second-order valence-corrected chi connectivity index (χ2v) is 9.04. The highest BCUT2D eigenvalue weighted by atomic mass is 32.2. The highest BCUT2D eigenvalue weighted by Crippen LogP contribution is 2.40. The summed E-state index contributed by atoms with van der Waals surface area (Å²) in [7, 11) is 3.05. The van der Waals surface area contributed by atoms with Crippen molar-refractivity contribution in [3.8, 4) is 11.5 Å². The molecule has 1 fully saturated rings. The number of hydrogen-bond donors (Lipinski definition) is 1. The molecule has 0 unspecified atom stereocenters. The number of para-hydroxylation sites is 1. The number of methoxy groups -OCH3 is 2. The van der Waals surface area contributed by atoms with Gasteiger partial charge in [-0.15, -0.1) is 11.8 Å². The number of amides is 3. The molecule has 174 valence electrons. The van der Waals surface area contributed by atoms with Crippen LogP contribution in [0.25, 0.3) is 0 Å². The SMILES string of the molecule is COc1ccc(OC)c(NC(=O)CN2C(=O)[C@@H](C(=O)N3CCCCC3)Sc3ccccc32)c1. The molecule has 8 nitrogen and oxygen atoms in total. The lowest BCUT2D eigenvalue weighted by Crippen LogP contribution is -2.52. The number of fused-ring (bicyclic) bond motifs is 1. The topological polar surface area (TPSA) is 88.2 Å². The van der Waals surface area contributed by atoms with Gasteiger partial charge in [-0.2, -0.15) is 0 Å². The molecule has 0 saturated carbocycles. The molecule has 2 heterocycles. The molecule has 2 aliphatic rings. The minimum atomic E-state index is -0.892. The Balaban J connectivity index is 1.56. The molecule has 0 bridgehead atoms. The fourth-order valence-electron chi connectivity index (χ4n) is 4.06. The van der Waals surface area contributed by atoms with Gasteiger partial charge in [-0.1, -0.05) is 12.1 Å². The van der Waals surface area contributed by atoms with Crippen LogP contribution in [0.5, 0.6) is 11.5 Å². The Morgan fingerprint density at radius 1 is 1.06 bits per heavy atom. The summed E-state index contributed by atoms with van der Waals surface area (Å²) >= 11 is 1.26. The van der Waals surface area contributed by atoms with Crippen LogP contribution >= 0.6 is 11.8 Å². The van der Waals surface area contributed by atoms with E-state index in [1.54, 1.807) is 29.2 Å². The van der Waals surface area contributed by atoms with Gasteiger partial charge in [0.2, 0.25) is 11.8 Å². The van der Waals surface area contributed by atoms with Crippen molar-refractivity contribution in [1.29, 1.82) is 0 Å². The molecule has 2 aliphatic heterocycles. The smallest absolute Gasteiger partial charge is 0.250 e. The lowest BCUT2D eigenvalue weighted by molar-refractivity contribution is -0.135. The maximum absolute atomic E-state index is 13.4. The molecular weight excluding hydrogens is 442 g/mol. The highest BCUT2D eigenvalue weighted by molar-refractivity contribution is 8.01. The number of nitrogens with one attached hydrogen (secondary N) is 1. The number of likely N-dealkylation sites (tertiary alicyclic amines) is 1. The third kappa shape index (κ3) is 4.93. The minimum absolute atomic E-state index is 0.181. The maximum Gasteiger partial charge on any atom is 0.250 e. The summed E-state index contributed by atoms with van der Waals surface area (Å²) in [6.45, 7) is 1.11. The molecule has 0 aliphatic carbocycles. The molecule has 1 atom stereocenters. The van der Waals surface area contributed by atoms with Crippen LogP contribution in [0.2, 0.25) is 0 Å². The normalized spacial score (nSPS) is 17.9. The van der Waals surface area contributed by atoms with Crippen molar-refractivity contribution in [3.05, 3.63) is 42.5 Å². The number of piperidine rings is 1. The van der Waals surface area contributed by atoms with E-state index in [0.29, 0.717) is 36.0 Å². The van der Waals surface area contributed by atoms with E-state index >= 15 is 0 Å². The molecule has 1 saturated heterocycles. The van der Waals surface area contributed by atoms with Gasteiger partial charge in [0.1, 0.15) is 18.0 Å². The fourth-order valence-corrected chi connectivity index (χ4v) is 5.25. The van der Waals surface area contributed by atoms with E-state index in [0.717, 1.165) is 24.2 Å². The van der Waals surface area contributed by atoms with Crippen molar-refractivity contribution < 1.29 is 23.9 Å². The number of anilines is 2. The van der Waals surface area contributed by atoms with E-state index in [2.05, 4.69) is 5.32 Å².